The molecule has 2 heterocycles. The average Bonchev–Trinajstić information content (AvgIpc) is 3.05. The third-order valence-corrected chi connectivity index (χ3v) is 3.90. The number of halogens is 1. The van der Waals surface area contributed by atoms with E-state index in [1.165, 1.54) is 0 Å². The van der Waals surface area contributed by atoms with Gasteiger partial charge in [-0.1, -0.05) is 0 Å². The van der Waals surface area contributed by atoms with E-state index in [0.29, 0.717) is 19.0 Å². The van der Waals surface area contributed by atoms with Crippen LogP contribution < -0.4 is 10.6 Å². The van der Waals surface area contributed by atoms with Crippen molar-refractivity contribution in [2.75, 3.05) is 32.1 Å². The molecule has 0 aliphatic carbocycles. The number of hydrogen-bond acceptors (Lipinski definition) is 5. The Bertz CT molecular complexity index is 665. The Morgan fingerprint density at radius 1 is 1.55 bits per heavy atom. The fourth-order valence-corrected chi connectivity index (χ4v) is 2.79. The number of rotatable bonds is 4. The van der Waals surface area contributed by atoms with Crippen LogP contribution in [0.15, 0.2) is 22.6 Å². The van der Waals surface area contributed by atoms with E-state index in [-0.39, 0.29) is 18.3 Å². The number of aryl methyl sites for hydroxylation is 1. The lowest BCUT2D eigenvalue weighted by Gasteiger charge is -2.25. The molecule has 3 rings (SSSR count). The first-order valence-corrected chi connectivity index (χ1v) is 7.01. The molecule has 1 aliphatic heterocycles. The third kappa shape index (κ3) is 3.09. The summed E-state index contributed by atoms with van der Waals surface area (Å²) in [7, 11) is 1.62. The summed E-state index contributed by atoms with van der Waals surface area (Å²) < 4.78 is 10.7. The van der Waals surface area contributed by atoms with E-state index < -0.39 is 5.41 Å². The van der Waals surface area contributed by atoms with Crippen molar-refractivity contribution in [1.82, 2.24) is 10.3 Å². The number of oxazole rings is 1. The Hall–Kier alpha value is -1.63. The number of fused-ring (bicyclic) bond motifs is 1. The SMILES string of the molecule is COCC1(C(=O)Nc2ccc3oc(C)nc3c2)CCNC1.Cl. The van der Waals surface area contributed by atoms with Gasteiger partial charge in [0.2, 0.25) is 5.91 Å². The predicted octanol–water partition coefficient (Wildman–Crippen LogP) is 2.12. The van der Waals surface area contributed by atoms with Crippen LogP contribution in [-0.4, -0.2) is 37.7 Å². The van der Waals surface area contributed by atoms with Crippen molar-refractivity contribution in [3.63, 3.8) is 0 Å². The van der Waals surface area contributed by atoms with Crippen LogP contribution in [0.5, 0.6) is 0 Å². The van der Waals surface area contributed by atoms with Gasteiger partial charge in [0.15, 0.2) is 11.5 Å². The van der Waals surface area contributed by atoms with Crippen LogP contribution in [0.2, 0.25) is 0 Å². The van der Waals surface area contributed by atoms with Gasteiger partial charge < -0.3 is 19.8 Å². The fourth-order valence-electron chi connectivity index (χ4n) is 2.79. The largest absolute Gasteiger partial charge is 0.441 e. The molecule has 1 saturated heterocycles. The van der Waals surface area contributed by atoms with Gasteiger partial charge in [0.25, 0.3) is 0 Å². The Morgan fingerprint density at radius 2 is 2.36 bits per heavy atom. The fraction of sp³-hybridized carbons (Fsp3) is 0.467. The Balaban J connectivity index is 0.00000176. The van der Waals surface area contributed by atoms with Gasteiger partial charge >= 0.3 is 0 Å². The lowest BCUT2D eigenvalue weighted by molar-refractivity contribution is -0.127. The maximum absolute atomic E-state index is 12.6. The summed E-state index contributed by atoms with van der Waals surface area (Å²) in [5, 5.41) is 6.20. The van der Waals surface area contributed by atoms with Crippen molar-refractivity contribution < 1.29 is 13.9 Å². The number of carbonyl (C=O) groups excluding carboxylic acids is 1. The minimum absolute atomic E-state index is 0. The first-order chi connectivity index (χ1) is 10.1. The maximum atomic E-state index is 12.6. The predicted molar refractivity (Wildman–Crippen MR) is 86.4 cm³/mol. The van der Waals surface area contributed by atoms with Crippen LogP contribution in [0.25, 0.3) is 11.1 Å². The summed E-state index contributed by atoms with van der Waals surface area (Å²) in [6, 6.07) is 5.47. The molecular formula is C15H20ClN3O3. The second-order valence-corrected chi connectivity index (χ2v) is 5.51. The zero-order valence-corrected chi connectivity index (χ0v) is 13.5. The van der Waals surface area contributed by atoms with E-state index in [2.05, 4.69) is 15.6 Å². The number of nitrogens with one attached hydrogen (secondary N) is 2. The first-order valence-electron chi connectivity index (χ1n) is 7.01. The molecule has 6 nitrogen and oxygen atoms in total. The molecule has 2 aromatic rings. The van der Waals surface area contributed by atoms with Gasteiger partial charge in [-0.15, -0.1) is 12.4 Å². The van der Waals surface area contributed by atoms with Gasteiger partial charge in [-0.3, -0.25) is 4.79 Å². The van der Waals surface area contributed by atoms with E-state index in [1.54, 1.807) is 14.0 Å². The summed E-state index contributed by atoms with van der Waals surface area (Å²) >= 11 is 0. The number of anilines is 1. The smallest absolute Gasteiger partial charge is 0.234 e. The summed E-state index contributed by atoms with van der Waals surface area (Å²) in [5.74, 6) is 0.596. The number of benzene rings is 1. The maximum Gasteiger partial charge on any atom is 0.234 e. The zero-order chi connectivity index (χ0) is 14.9. The second-order valence-electron chi connectivity index (χ2n) is 5.51. The van der Waals surface area contributed by atoms with Crippen molar-refractivity contribution in [3.05, 3.63) is 24.1 Å². The van der Waals surface area contributed by atoms with Crippen LogP contribution in [0.1, 0.15) is 12.3 Å². The molecule has 1 amide bonds. The van der Waals surface area contributed by atoms with Gasteiger partial charge in [0.1, 0.15) is 5.52 Å². The van der Waals surface area contributed by atoms with Crippen molar-refractivity contribution in [2.45, 2.75) is 13.3 Å². The summed E-state index contributed by atoms with van der Waals surface area (Å²) in [6.45, 7) is 3.68. The minimum Gasteiger partial charge on any atom is -0.441 e. The molecule has 1 aromatic carbocycles. The number of nitrogens with zero attached hydrogens (tertiary/aromatic N) is 1. The van der Waals surface area contributed by atoms with Crippen LogP contribution in [-0.2, 0) is 9.53 Å². The van der Waals surface area contributed by atoms with E-state index in [0.717, 1.165) is 29.8 Å². The number of aromatic nitrogens is 1. The lowest BCUT2D eigenvalue weighted by atomic mass is 9.87. The summed E-state index contributed by atoms with van der Waals surface area (Å²) in [4.78, 5) is 16.9. The molecule has 1 atom stereocenters. The van der Waals surface area contributed by atoms with Crippen LogP contribution in [0.3, 0.4) is 0 Å². The third-order valence-electron chi connectivity index (χ3n) is 3.90. The van der Waals surface area contributed by atoms with Gasteiger partial charge in [0, 0.05) is 26.3 Å². The Kier molecular flexibility index (Phi) is 5.05. The van der Waals surface area contributed by atoms with E-state index >= 15 is 0 Å². The van der Waals surface area contributed by atoms with Crippen molar-refractivity contribution in [2.24, 2.45) is 5.41 Å². The molecule has 1 aromatic heterocycles. The van der Waals surface area contributed by atoms with E-state index in [9.17, 15) is 4.79 Å². The van der Waals surface area contributed by atoms with Crippen molar-refractivity contribution >= 4 is 35.1 Å². The average molecular weight is 326 g/mol. The molecule has 1 aliphatic rings. The molecule has 1 unspecified atom stereocenters. The highest BCUT2D eigenvalue weighted by atomic mass is 35.5. The standard InChI is InChI=1S/C15H19N3O3.ClH/c1-10-17-12-7-11(3-4-13(12)21-10)18-14(19)15(9-20-2)5-6-16-8-15;/h3-4,7,16H,5-6,8-9H2,1-2H3,(H,18,19);1H. The molecule has 1 fully saturated rings. The van der Waals surface area contributed by atoms with Crippen LogP contribution in [0.4, 0.5) is 5.69 Å². The normalized spacial score (nSPS) is 20.8. The number of amides is 1. The molecular weight excluding hydrogens is 306 g/mol. The summed E-state index contributed by atoms with van der Waals surface area (Å²) in [6.07, 6.45) is 0.776. The van der Waals surface area contributed by atoms with Gasteiger partial charge in [0.05, 0.1) is 12.0 Å². The molecule has 0 saturated carbocycles. The monoisotopic (exact) mass is 325 g/mol. The van der Waals surface area contributed by atoms with Gasteiger partial charge in [-0.2, -0.15) is 0 Å². The molecule has 22 heavy (non-hydrogen) atoms. The van der Waals surface area contributed by atoms with Crippen LogP contribution >= 0.6 is 12.4 Å². The molecule has 120 valence electrons. The molecule has 0 bridgehead atoms. The topological polar surface area (TPSA) is 76.4 Å². The second kappa shape index (κ2) is 6.64. The van der Waals surface area contributed by atoms with Gasteiger partial charge in [-0.05, 0) is 31.2 Å². The number of ether oxygens (including phenoxy) is 1. The Morgan fingerprint density at radius 3 is 3.05 bits per heavy atom. The minimum atomic E-state index is -0.497. The van der Waals surface area contributed by atoms with E-state index in [4.69, 9.17) is 9.15 Å². The highest BCUT2D eigenvalue weighted by Crippen LogP contribution is 2.28. The Labute approximate surface area is 135 Å². The van der Waals surface area contributed by atoms with Crippen LogP contribution in [0, 0.1) is 12.3 Å². The molecule has 0 radical (unpaired) electrons. The highest BCUT2D eigenvalue weighted by Gasteiger charge is 2.41. The molecule has 7 heteroatoms. The highest BCUT2D eigenvalue weighted by molar-refractivity contribution is 5.97. The van der Waals surface area contributed by atoms with Crippen molar-refractivity contribution in [3.8, 4) is 0 Å². The zero-order valence-electron chi connectivity index (χ0n) is 12.6. The number of hydrogen-bond donors (Lipinski definition) is 2. The van der Waals surface area contributed by atoms with Crippen molar-refractivity contribution in [1.29, 1.82) is 0 Å². The number of carbonyl (C=O) groups is 1. The summed E-state index contributed by atoms with van der Waals surface area (Å²) in [5.41, 5.74) is 1.70. The number of methoxy groups -OCH3 is 1. The molecule has 2 N–H and O–H groups in total. The lowest BCUT2D eigenvalue weighted by Crippen LogP contribution is -2.41. The van der Waals surface area contributed by atoms with E-state index in [1.807, 2.05) is 18.2 Å². The van der Waals surface area contributed by atoms with Gasteiger partial charge in [-0.25, -0.2) is 4.98 Å². The molecule has 0 spiro atoms. The quantitative estimate of drug-likeness (QED) is 0.900. The first kappa shape index (κ1) is 16.7.